The van der Waals surface area contributed by atoms with Crippen molar-refractivity contribution < 1.29 is 4.79 Å². The molecule has 4 N–H and O–H groups in total. The number of urea groups is 1. The number of aryl methyl sites for hydroxylation is 1. The molecule has 5 heteroatoms. The molecule has 0 heterocycles. The van der Waals surface area contributed by atoms with Crippen LogP contribution in [0.15, 0.2) is 42.5 Å². The van der Waals surface area contributed by atoms with E-state index in [0.29, 0.717) is 11.6 Å². The predicted octanol–water partition coefficient (Wildman–Crippen LogP) is 3.48. The highest BCUT2D eigenvalue weighted by Gasteiger charge is 2.15. The van der Waals surface area contributed by atoms with E-state index in [1.54, 1.807) is 0 Å². The normalized spacial score (nSPS) is 16.5. The Hall–Kier alpha value is -2.04. The highest BCUT2D eigenvalue weighted by atomic mass is 35.5. The maximum absolute atomic E-state index is 12.0. The van der Waals surface area contributed by atoms with Gasteiger partial charge >= 0.3 is 6.03 Å². The van der Waals surface area contributed by atoms with Gasteiger partial charge in [0.1, 0.15) is 0 Å². The van der Waals surface area contributed by atoms with Crippen molar-refractivity contribution in [2.75, 3.05) is 5.32 Å². The summed E-state index contributed by atoms with van der Waals surface area (Å²) >= 11 is 5.84. The highest BCUT2D eigenvalue weighted by molar-refractivity contribution is 6.30. The number of hydrogen-bond acceptors (Lipinski definition) is 2. The molecule has 4 nitrogen and oxygen atoms in total. The molecule has 23 heavy (non-hydrogen) atoms. The third-order valence-electron chi connectivity index (χ3n) is 4.10. The molecule has 3 rings (SSSR count). The fourth-order valence-electron chi connectivity index (χ4n) is 2.82. The monoisotopic (exact) mass is 329 g/mol. The summed E-state index contributed by atoms with van der Waals surface area (Å²) in [6.07, 6.45) is 2.88. The van der Waals surface area contributed by atoms with Crippen LogP contribution in [-0.2, 0) is 19.4 Å². The van der Waals surface area contributed by atoms with Crippen LogP contribution in [0.3, 0.4) is 0 Å². The fourth-order valence-corrected chi connectivity index (χ4v) is 2.95. The van der Waals surface area contributed by atoms with E-state index in [1.807, 2.05) is 36.4 Å². The molecule has 0 aromatic heterocycles. The molecule has 2 amide bonds. The molecule has 0 saturated carbocycles. The van der Waals surface area contributed by atoms with E-state index in [-0.39, 0.29) is 12.1 Å². The molecule has 0 saturated heterocycles. The van der Waals surface area contributed by atoms with Crippen molar-refractivity contribution in [3.8, 4) is 0 Å². The van der Waals surface area contributed by atoms with Gasteiger partial charge in [-0.1, -0.05) is 29.8 Å². The second-order valence-electron chi connectivity index (χ2n) is 5.92. The minimum absolute atomic E-state index is 0.215. The molecule has 2 aromatic rings. The SMILES string of the molecule is NC1CCc2cc(NC(=O)NCc3ccc(Cl)cc3)ccc2C1. The number of nitrogens with two attached hydrogens (primary N) is 1. The van der Waals surface area contributed by atoms with Crippen molar-refractivity contribution in [3.63, 3.8) is 0 Å². The molecule has 0 fully saturated rings. The van der Waals surface area contributed by atoms with Gasteiger partial charge < -0.3 is 16.4 Å². The summed E-state index contributed by atoms with van der Waals surface area (Å²) in [6.45, 7) is 0.461. The summed E-state index contributed by atoms with van der Waals surface area (Å²) in [5.74, 6) is 0. The van der Waals surface area contributed by atoms with Crippen LogP contribution in [0.5, 0.6) is 0 Å². The molecule has 1 unspecified atom stereocenters. The summed E-state index contributed by atoms with van der Waals surface area (Å²) < 4.78 is 0. The number of anilines is 1. The summed E-state index contributed by atoms with van der Waals surface area (Å²) in [7, 11) is 0. The minimum atomic E-state index is -0.215. The second kappa shape index (κ2) is 7.02. The minimum Gasteiger partial charge on any atom is -0.334 e. The Morgan fingerprint density at radius 2 is 1.96 bits per heavy atom. The van der Waals surface area contributed by atoms with E-state index in [9.17, 15) is 4.79 Å². The zero-order valence-electron chi connectivity index (χ0n) is 12.8. The van der Waals surface area contributed by atoms with Gasteiger partial charge in [0.15, 0.2) is 0 Å². The lowest BCUT2D eigenvalue weighted by atomic mass is 9.88. The lowest BCUT2D eigenvalue weighted by Crippen LogP contribution is -2.29. The Morgan fingerprint density at radius 3 is 2.74 bits per heavy atom. The van der Waals surface area contributed by atoms with Gasteiger partial charge in [-0.05, 0) is 60.2 Å². The Kier molecular flexibility index (Phi) is 4.84. The van der Waals surface area contributed by atoms with Crippen LogP contribution in [0.1, 0.15) is 23.1 Å². The topological polar surface area (TPSA) is 67.1 Å². The van der Waals surface area contributed by atoms with E-state index in [4.69, 9.17) is 17.3 Å². The predicted molar refractivity (Wildman–Crippen MR) is 93.8 cm³/mol. The molecule has 0 bridgehead atoms. The van der Waals surface area contributed by atoms with Crippen molar-refractivity contribution >= 4 is 23.3 Å². The Morgan fingerprint density at radius 1 is 1.17 bits per heavy atom. The summed E-state index contributed by atoms with van der Waals surface area (Å²) in [4.78, 5) is 12.0. The number of fused-ring (bicyclic) bond motifs is 1. The van der Waals surface area contributed by atoms with Crippen molar-refractivity contribution in [3.05, 3.63) is 64.2 Å². The summed E-state index contributed by atoms with van der Waals surface area (Å²) in [6, 6.07) is 13.5. The summed E-state index contributed by atoms with van der Waals surface area (Å²) in [5, 5.41) is 6.41. The van der Waals surface area contributed by atoms with Gasteiger partial charge in [0.2, 0.25) is 0 Å². The quantitative estimate of drug-likeness (QED) is 0.807. The molecule has 2 aromatic carbocycles. The number of carbonyl (C=O) groups excluding carboxylic acids is 1. The lowest BCUT2D eigenvalue weighted by Gasteiger charge is -2.22. The first-order valence-electron chi connectivity index (χ1n) is 7.77. The number of halogens is 1. The van der Waals surface area contributed by atoms with Gasteiger partial charge in [0.25, 0.3) is 0 Å². The average Bonchev–Trinajstić information content (AvgIpc) is 2.54. The maximum Gasteiger partial charge on any atom is 0.319 e. The summed E-state index contributed by atoms with van der Waals surface area (Å²) in [5.41, 5.74) is 10.4. The first-order valence-corrected chi connectivity index (χ1v) is 8.14. The molecule has 120 valence electrons. The van der Waals surface area contributed by atoms with Gasteiger partial charge in [0.05, 0.1) is 0 Å². The molecule has 1 aliphatic rings. The zero-order chi connectivity index (χ0) is 16.2. The van der Waals surface area contributed by atoms with Crippen LogP contribution >= 0.6 is 11.6 Å². The molecule has 1 aliphatic carbocycles. The number of benzene rings is 2. The van der Waals surface area contributed by atoms with Crippen LogP contribution in [0.2, 0.25) is 5.02 Å². The van der Waals surface area contributed by atoms with Gasteiger partial charge in [-0.15, -0.1) is 0 Å². The molecule has 0 aliphatic heterocycles. The first kappa shape index (κ1) is 15.8. The molecular weight excluding hydrogens is 310 g/mol. The Labute approximate surface area is 141 Å². The van der Waals surface area contributed by atoms with E-state index in [1.165, 1.54) is 11.1 Å². The smallest absolute Gasteiger partial charge is 0.319 e. The second-order valence-corrected chi connectivity index (χ2v) is 6.36. The third kappa shape index (κ3) is 4.24. The number of carbonyl (C=O) groups is 1. The van der Waals surface area contributed by atoms with Crippen LogP contribution in [-0.4, -0.2) is 12.1 Å². The van der Waals surface area contributed by atoms with Gasteiger partial charge in [0, 0.05) is 23.3 Å². The Bertz CT molecular complexity index is 700. The molecule has 1 atom stereocenters. The van der Waals surface area contributed by atoms with Crippen molar-refractivity contribution in [1.29, 1.82) is 0 Å². The fraction of sp³-hybridized carbons (Fsp3) is 0.278. The van der Waals surface area contributed by atoms with Crippen LogP contribution in [0.4, 0.5) is 10.5 Å². The third-order valence-corrected chi connectivity index (χ3v) is 4.35. The number of hydrogen-bond donors (Lipinski definition) is 3. The van der Waals surface area contributed by atoms with Crippen molar-refractivity contribution in [1.82, 2.24) is 5.32 Å². The first-order chi connectivity index (χ1) is 11.1. The lowest BCUT2D eigenvalue weighted by molar-refractivity contribution is 0.251. The molecule has 0 radical (unpaired) electrons. The van der Waals surface area contributed by atoms with E-state index in [0.717, 1.165) is 30.5 Å². The van der Waals surface area contributed by atoms with Gasteiger partial charge in [-0.3, -0.25) is 0 Å². The van der Waals surface area contributed by atoms with Crippen LogP contribution in [0.25, 0.3) is 0 Å². The average molecular weight is 330 g/mol. The zero-order valence-corrected chi connectivity index (χ0v) is 13.6. The number of rotatable bonds is 3. The van der Waals surface area contributed by atoms with E-state index < -0.39 is 0 Å². The maximum atomic E-state index is 12.0. The molecule has 0 spiro atoms. The van der Waals surface area contributed by atoms with Crippen molar-refractivity contribution in [2.45, 2.75) is 31.8 Å². The Balaban J connectivity index is 1.56. The van der Waals surface area contributed by atoms with Crippen molar-refractivity contribution in [2.24, 2.45) is 5.73 Å². The number of nitrogens with one attached hydrogen (secondary N) is 2. The van der Waals surface area contributed by atoms with E-state index in [2.05, 4.69) is 16.7 Å². The van der Waals surface area contributed by atoms with Gasteiger partial charge in [-0.2, -0.15) is 0 Å². The van der Waals surface area contributed by atoms with E-state index >= 15 is 0 Å². The standard InChI is InChI=1S/C18H20ClN3O/c19-15-5-1-12(2-6-15)11-21-18(23)22-17-8-4-13-9-16(20)7-3-14(13)10-17/h1-2,4-6,8,10,16H,3,7,9,11,20H2,(H2,21,22,23). The highest BCUT2D eigenvalue weighted by Crippen LogP contribution is 2.23. The molecular formula is C18H20ClN3O. The number of amides is 2. The van der Waals surface area contributed by atoms with Crippen LogP contribution < -0.4 is 16.4 Å². The largest absolute Gasteiger partial charge is 0.334 e. The van der Waals surface area contributed by atoms with Gasteiger partial charge in [-0.25, -0.2) is 4.79 Å². The van der Waals surface area contributed by atoms with Crippen LogP contribution in [0, 0.1) is 0 Å².